The van der Waals surface area contributed by atoms with E-state index in [2.05, 4.69) is 62.8 Å². The van der Waals surface area contributed by atoms with Crippen LogP contribution in [0, 0.1) is 16.2 Å². The first-order valence-corrected chi connectivity index (χ1v) is 7.88. The van der Waals surface area contributed by atoms with E-state index in [-0.39, 0.29) is 21.8 Å². The van der Waals surface area contributed by atoms with Gasteiger partial charge in [0.2, 0.25) is 0 Å². The van der Waals surface area contributed by atoms with Gasteiger partial charge in [-0.1, -0.05) is 45.9 Å². The van der Waals surface area contributed by atoms with Crippen molar-refractivity contribution >= 4 is 6.21 Å². The molecule has 0 saturated heterocycles. The van der Waals surface area contributed by atoms with Gasteiger partial charge in [0.25, 0.3) is 5.56 Å². The number of hydrogen-bond acceptors (Lipinski definition) is 3. The minimum Gasteiger partial charge on any atom is -0.492 e. The molecule has 4 nitrogen and oxygen atoms in total. The van der Waals surface area contributed by atoms with Crippen LogP contribution in [0.5, 0.6) is 5.75 Å². The Bertz CT molecular complexity index is 694. The molecule has 23 heavy (non-hydrogen) atoms. The van der Waals surface area contributed by atoms with E-state index in [1.54, 1.807) is 12.3 Å². The molecular weight excluding hydrogens is 288 g/mol. The quantitative estimate of drug-likeness (QED) is 0.858. The third-order valence-electron chi connectivity index (χ3n) is 4.60. The molecule has 2 atom stereocenters. The van der Waals surface area contributed by atoms with Gasteiger partial charge in [-0.15, -0.1) is 0 Å². The average Bonchev–Trinajstić information content (AvgIpc) is 2.45. The van der Waals surface area contributed by atoms with Gasteiger partial charge in [0, 0.05) is 30.1 Å². The van der Waals surface area contributed by atoms with Crippen LogP contribution in [0.4, 0.5) is 0 Å². The Morgan fingerprint density at radius 2 is 1.96 bits per heavy atom. The summed E-state index contributed by atoms with van der Waals surface area (Å²) in [5.74, 6) is 0.563. The van der Waals surface area contributed by atoms with Crippen LogP contribution in [-0.4, -0.2) is 17.8 Å². The lowest BCUT2D eigenvalue weighted by atomic mass is 9.67. The van der Waals surface area contributed by atoms with E-state index < -0.39 is 0 Å². The van der Waals surface area contributed by atoms with Crippen molar-refractivity contribution < 1.29 is 4.74 Å². The summed E-state index contributed by atoms with van der Waals surface area (Å²) in [6, 6.07) is 3.19. The molecule has 0 aliphatic carbocycles. The normalized spacial score (nSPS) is 27.5. The van der Waals surface area contributed by atoms with Crippen molar-refractivity contribution in [1.29, 1.82) is 0 Å². The Balaban J connectivity index is 2.21. The number of hydrogen-bond donors (Lipinski definition) is 1. The topological polar surface area (TPSA) is 54.5 Å². The van der Waals surface area contributed by atoms with Crippen molar-refractivity contribution in [3.8, 4) is 5.75 Å². The van der Waals surface area contributed by atoms with Crippen LogP contribution < -0.4 is 10.3 Å². The molecule has 0 aromatic carbocycles. The Morgan fingerprint density at radius 3 is 2.61 bits per heavy atom. The van der Waals surface area contributed by atoms with E-state index >= 15 is 0 Å². The maximum atomic E-state index is 11.3. The van der Waals surface area contributed by atoms with Crippen molar-refractivity contribution in [2.75, 3.05) is 6.61 Å². The number of nitrogens with one attached hydrogen (secondary N) is 1. The molecule has 1 aromatic heterocycles. The average molecular weight is 314 g/mol. The second kappa shape index (κ2) is 6.19. The molecule has 0 radical (unpaired) electrons. The molecule has 2 unspecified atom stereocenters. The van der Waals surface area contributed by atoms with Crippen molar-refractivity contribution in [2.24, 2.45) is 21.2 Å². The van der Waals surface area contributed by atoms with Crippen LogP contribution >= 0.6 is 0 Å². The van der Waals surface area contributed by atoms with Gasteiger partial charge in [0.1, 0.15) is 12.4 Å². The van der Waals surface area contributed by atoms with Crippen LogP contribution in [-0.2, 0) is 0 Å². The van der Waals surface area contributed by atoms with Gasteiger partial charge in [-0.25, -0.2) is 0 Å². The summed E-state index contributed by atoms with van der Waals surface area (Å²) >= 11 is 0. The molecule has 0 saturated carbocycles. The van der Waals surface area contributed by atoms with E-state index in [1.165, 1.54) is 6.07 Å². The predicted molar refractivity (Wildman–Crippen MR) is 95.0 cm³/mol. The zero-order valence-corrected chi connectivity index (χ0v) is 14.6. The number of allylic oxidation sites excluding steroid dienone is 2. The predicted octanol–water partition coefficient (Wildman–Crippen LogP) is 3.97. The van der Waals surface area contributed by atoms with Crippen molar-refractivity contribution in [2.45, 2.75) is 34.6 Å². The molecule has 1 aromatic rings. The zero-order chi connectivity index (χ0) is 17.1. The number of aromatic amines is 1. The monoisotopic (exact) mass is 314 g/mol. The Labute approximate surface area is 138 Å². The van der Waals surface area contributed by atoms with Crippen molar-refractivity contribution in [3.05, 3.63) is 53.1 Å². The number of pyridine rings is 1. The number of nitrogens with zero attached hydrogens (tertiary/aromatic N) is 1. The molecule has 124 valence electrons. The minimum atomic E-state index is -0.333. The number of rotatable bonds is 3. The van der Waals surface area contributed by atoms with Gasteiger partial charge in [0.05, 0.1) is 5.41 Å². The molecule has 0 bridgehead atoms. The summed E-state index contributed by atoms with van der Waals surface area (Å²) < 4.78 is 5.79. The highest BCUT2D eigenvalue weighted by atomic mass is 16.5. The summed E-state index contributed by atoms with van der Waals surface area (Å²) in [6.45, 7) is 11.4. The second-order valence-corrected chi connectivity index (χ2v) is 7.64. The molecule has 0 spiro atoms. The lowest BCUT2D eigenvalue weighted by Crippen LogP contribution is -2.32. The van der Waals surface area contributed by atoms with Crippen LogP contribution in [0.2, 0.25) is 0 Å². The summed E-state index contributed by atoms with van der Waals surface area (Å²) in [5.41, 5.74) is -0.505. The Hall–Kier alpha value is -2.10. The van der Waals surface area contributed by atoms with Gasteiger partial charge in [-0.05, 0) is 18.4 Å². The molecule has 1 aliphatic rings. The molecule has 1 N–H and O–H groups in total. The van der Waals surface area contributed by atoms with Crippen molar-refractivity contribution in [3.63, 3.8) is 0 Å². The molecule has 4 heteroatoms. The summed E-state index contributed by atoms with van der Waals surface area (Å²) in [7, 11) is 0. The van der Waals surface area contributed by atoms with Gasteiger partial charge in [-0.3, -0.25) is 9.79 Å². The molecular formula is C19H26N2O2. The standard InChI is InChI=1S/C19H26N2O2/c1-17(2,3)19(5)8-7-18(4,13-20-11-9-19)14-23-15-6-10-21-16(22)12-15/h6-13H,14H2,1-5H3,(H,21,22). The fraction of sp³-hybridized carbons (Fsp3) is 0.474. The maximum Gasteiger partial charge on any atom is 0.251 e. The first kappa shape index (κ1) is 17.3. The van der Waals surface area contributed by atoms with E-state index in [4.69, 9.17) is 4.74 Å². The zero-order valence-electron chi connectivity index (χ0n) is 14.6. The summed E-state index contributed by atoms with van der Waals surface area (Å²) in [6.07, 6.45) is 11.8. The van der Waals surface area contributed by atoms with Gasteiger partial charge >= 0.3 is 0 Å². The number of aromatic nitrogens is 1. The highest BCUT2D eigenvalue weighted by Gasteiger charge is 2.34. The van der Waals surface area contributed by atoms with E-state index in [1.807, 2.05) is 12.4 Å². The third kappa shape index (κ3) is 4.21. The molecule has 0 fully saturated rings. The number of H-pyrrole nitrogens is 1. The summed E-state index contributed by atoms with van der Waals surface area (Å²) in [4.78, 5) is 18.3. The minimum absolute atomic E-state index is 0.0847. The second-order valence-electron chi connectivity index (χ2n) is 7.64. The van der Waals surface area contributed by atoms with E-state index in [0.29, 0.717) is 12.4 Å². The lowest BCUT2D eigenvalue weighted by Gasteiger charge is -2.38. The fourth-order valence-electron chi connectivity index (χ4n) is 2.21. The first-order valence-electron chi connectivity index (χ1n) is 7.88. The van der Waals surface area contributed by atoms with Crippen molar-refractivity contribution in [1.82, 2.24) is 4.98 Å². The Morgan fingerprint density at radius 1 is 1.22 bits per heavy atom. The highest BCUT2D eigenvalue weighted by molar-refractivity contribution is 5.69. The Kier molecular flexibility index (Phi) is 4.64. The van der Waals surface area contributed by atoms with Gasteiger partial charge < -0.3 is 9.72 Å². The van der Waals surface area contributed by atoms with Gasteiger partial charge in [0.15, 0.2) is 0 Å². The van der Waals surface area contributed by atoms with Gasteiger partial charge in [-0.2, -0.15) is 0 Å². The van der Waals surface area contributed by atoms with E-state index in [9.17, 15) is 4.79 Å². The SMILES string of the molecule is CC1(COc2cc[nH]c(=O)c2)C=CC(C)(C(C)(C)C)C=CN=C1. The largest absolute Gasteiger partial charge is 0.492 e. The van der Waals surface area contributed by atoms with Crippen LogP contribution in [0.25, 0.3) is 0 Å². The lowest BCUT2D eigenvalue weighted by molar-refractivity contribution is 0.221. The molecule has 2 heterocycles. The fourth-order valence-corrected chi connectivity index (χ4v) is 2.21. The smallest absolute Gasteiger partial charge is 0.251 e. The van der Waals surface area contributed by atoms with Crippen LogP contribution in [0.3, 0.4) is 0 Å². The maximum absolute atomic E-state index is 11.3. The first-order chi connectivity index (χ1) is 10.6. The number of ether oxygens (including phenoxy) is 1. The van der Waals surface area contributed by atoms with Crippen LogP contribution in [0.15, 0.2) is 52.5 Å². The molecule has 1 aliphatic heterocycles. The molecule has 0 amide bonds. The summed E-state index contributed by atoms with van der Waals surface area (Å²) in [5, 5.41) is 0. The highest BCUT2D eigenvalue weighted by Crippen LogP contribution is 2.42. The third-order valence-corrected chi connectivity index (χ3v) is 4.60. The number of aliphatic imine (C=N–C) groups is 1. The van der Waals surface area contributed by atoms with Crippen LogP contribution in [0.1, 0.15) is 34.6 Å². The molecule has 2 rings (SSSR count). The van der Waals surface area contributed by atoms with E-state index in [0.717, 1.165) is 0 Å².